The number of aliphatic hydroxyl groups excluding tert-OH is 10. The van der Waals surface area contributed by atoms with E-state index in [0.717, 1.165) is 6.66 Å². The molecule has 3 fully saturated rings. The van der Waals surface area contributed by atoms with Gasteiger partial charge in [0.05, 0.1) is 143 Å². The summed E-state index contributed by atoms with van der Waals surface area (Å²) >= 11 is 0. The Morgan fingerprint density at radius 3 is 0.936 bits per heavy atom. The van der Waals surface area contributed by atoms with Crippen LogP contribution in [-0.2, 0) is 116 Å². The van der Waals surface area contributed by atoms with Gasteiger partial charge in [0.15, 0.2) is 18.9 Å². The standard InChI is InChI=1S/C62H127N2O40P5/c1-46-53(69)54(70)48(37-66)102-59(46)90-25-9-3-6-12-28-94-106(77,78)97-33-17-22-87-42-62(45-101-109(83,84)100-32-16-21-86-41-47(36-65)40-85-20-15-31-93-105(2,75)76,43-88-23-18-34-98-107(79,80)95-29-13-7-4-10-26-91-60-51(63)57(73)55(71)49(38-67)103-60)44-89-24-19-35-99-108(81,82)96-30-14-8-5-11-27-92-61-52(64)58(74)56(72)50(39-68)104-61/h46-61,65-74H,3-45,63-64H2,1-2H3,(H,75,76)(H,77,78)(H,79,80)(H,81,82)(H,83,84)/t46-,47?,48?,49?,50?,51?,52?,53?,54-,55-,56-,57+,58+,59+,60+,61+,62?/m0/s1. The van der Waals surface area contributed by atoms with Crippen LogP contribution in [-0.4, -0.2) is 340 Å². The number of phosphoric ester groups is 4. The van der Waals surface area contributed by atoms with Gasteiger partial charge in [0.1, 0.15) is 48.8 Å². The van der Waals surface area contributed by atoms with Crippen LogP contribution >= 0.6 is 38.9 Å². The highest BCUT2D eigenvalue weighted by molar-refractivity contribution is 7.51. The van der Waals surface area contributed by atoms with Gasteiger partial charge in [-0.1, -0.05) is 45.4 Å². The van der Waals surface area contributed by atoms with Gasteiger partial charge in [-0.2, -0.15) is 0 Å². The number of rotatable bonds is 69. The second-order valence-corrected chi connectivity index (χ2v) is 34.4. The molecule has 0 aliphatic carbocycles. The van der Waals surface area contributed by atoms with Gasteiger partial charge in [0.25, 0.3) is 0 Å². The lowest BCUT2D eigenvalue weighted by Crippen LogP contribution is -2.62. The SMILES string of the molecule is C[C@H]1C(O)[C@@H](O)C(CO)O[C@H]1OCCCCCCOP(=O)(O)OCCCOCC(COCCCOP(=O)(O)OCCCCCCO[C@@H]1OC(CO)[C@H](O)[C@H](O)C1N)(COCCCOP(=O)(O)OCCCCCCO[C@@H]1OC(CO)[C@H](O)[C@H](O)C1N)COP(=O)(O)OCCCOCC(CO)COCCCOP(C)(=O)O. The molecule has 0 amide bonds. The monoisotopic (exact) mass is 1690 g/mol. The van der Waals surface area contributed by atoms with Crippen LogP contribution < -0.4 is 11.5 Å². The number of hydrogen-bond donors (Lipinski definition) is 17. The fourth-order valence-electron chi connectivity index (χ4n) is 10.6. The predicted octanol–water partition coefficient (Wildman–Crippen LogP) is 0.320. The highest BCUT2D eigenvalue weighted by Crippen LogP contribution is 2.47. The molecule has 0 aromatic rings. The summed E-state index contributed by atoms with van der Waals surface area (Å²) < 4.78 is 172. The lowest BCUT2D eigenvalue weighted by molar-refractivity contribution is -0.282. The zero-order valence-corrected chi connectivity index (χ0v) is 66.9. The van der Waals surface area contributed by atoms with E-state index < -0.39 is 168 Å². The molecule has 650 valence electrons. The first kappa shape index (κ1) is 103. The first-order valence-corrected chi connectivity index (χ1v) is 44.9. The predicted molar refractivity (Wildman–Crippen MR) is 380 cm³/mol. The van der Waals surface area contributed by atoms with Crippen molar-refractivity contribution in [2.45, 2.75) is 202 Å². The Morgan fingerprint density at radius 2 is 0.615 bits per heavy atom. The third-order valence-corrected chi connectivity index (χ3v) is 21.7. The zero-order valence-electron chi connectivity index (χ0n) is 62.4. The van der Waals surface area contributed by atoms with Crippen molar-refractivity contribution in [1.82, 2.24) is 0 Å². The van der Waals surface area contributed by atoms with Gasteiger partial charge in [0, 0.05) is 71.4 Å². The molecule has 3 aliphatic heterocycles. The highest BCUT2D eigenvalue weighted by Gasteiger charge is 2.46. The number of aliphatic hydroxyl groups is 10. The molecule has 3 heterocycles. The molecular weight excluding hydrogens is 1570 g/mol. The molecule has 0 radical (unpaired) electrons. The summed E-state index contributed by atoms with van der Waals surface area (Å²) in [6.07, 6.45) is -7.38. The van der Waals surface area contributed by atoms with Gasteiger partial charge in [-0.15, -0.1) is 0 Å². The Kier molecular flexibility index (Phi) is 53.7. The number of ether oxygens (including phenoxy) is 11. The van der Waals surface area contributed by atoms with E-state index in [1.54, 1.807) is 6.92 Å². The van der Waals surface area contributed by atoms with Crippen molar-refractivity contribution >= 4 is 38.9 Å². The van der Waals surface area contributed by atoms with Crippen LogP contribution in [0.15, 0.2) is 0 Å². The van der Waals surface area contributed by atoms with Crippen molar-refractivity contribution < 1.29 is 191 Å². The molecule has 0 aromatic heterocycles. The van der Waals surface area contributed by atoms with Crippen molar-refractivity contribution in [2.75, 3.05) is 178 Å². The Morgan fingerprint density at radius 1 is 0.339 bits per heavy atom. The van der Waals surface area contributed by atoms with E-state index in [1.165, 1.54) is 0 Å². The third-order valence-electron chi connectivity index (χ3n) is 17.0. The van der Waals surface area contributed by atoms with E-state index in [-0.39, 0.29) is 171 Å². The molecule has 21 atom stereocenters. The Hall–Kier alpha value is -0.330. The summed E-state index contributed by atoms with van der Waals surface area (Å²) in [5.74, 6) is -0.995. The van der Waals surface area contributed by atoms with Gasteiger partial charge < -0.3 is 144 Å². The van der Waals surface area contributed by atoms with Crippen LogP contribution in [0.5, 0.6) is 0 Å². The van der Waals surface area contributed by atoms with E-state index >= 15 is 0 Å². The second-order valence-electron chi connectivity index (χ2n) is 26.7. The summed E-state index contributed by atoms with van der Waals surface area (Å²) in [4.78, 5) is 51.5. The van der Waals surface area contributed by atoms with Crippen molar-refractivity contribution in [3.05, 3.63) is 0 Å². The minimum Gasteiger partial charge on any atom is -0.396 e. The van der Waals surface area contributed by atoms with E-state index in [1.807, 2.05) is 0 Å². The fraction of sp³-hybridized carbons (Fsp3) is 1.00. The summed E-state index contributed by atoms with van der Waals surface area (Å²) in [6, 6.07) is -2.10. The molecule has 19 N–H and O–H groups in total. The molecule has 0 aromatic carbocycles. The first-order chi connectivity index (χ1) is 51.7. The Balaban J connectivity index is 1.60. The van der Waals surface area contributed by atoms with Crippen molar-refractivity contribution in [2.24, 2.45) is 28.7 Å². The van der Waals surface area contributed by atoms with Gasteiger partial charge >= 0.3 is 38.9 Å². The molecular formula is C62H127N2O40P5. The minimum atomic E-state index is -4.91. The van der Waals surface area contributed by atoms with Gasteiger partial charge in [-0.3, -0.25) is 40.8 Å². The number of hydrogen-bond acceptors (Lipinski definition) is 37. The molecule has 3 saturated heterocycles. The largest absolute Gasteiger partial charge is 0.472 e. The number of unbranched alkanes of at least 4 members (excludes halogenated alkanes) is 9. The summed E-state index contributed by atoms with van der Waals surface area (Å²) in [6.45, 7) is -2.25. The van der Waals surface area contributed by atoms with Crippen molar-refractivity contribution in [3.8, 4) is 0 Å². The van der Waals surface area contributed by atoms with Gasteiger partial charge in [-0.25, -0.2) is 18.3 Å². The topological polar surface area (TPSA) is 625 Å². The maximum atomic E-state index is 13.5. The van der Waals surface area contributed by atoms with Crippen LogP contribution in [0.1, 0.15) is 116 Å². The quantitative estimate of drug-likeness (QED) is 0.0288. The molecule has 109 heavy (non-hydrogen) atoms. The second kappa shape index (κ2) is 57.0. The van der Waals surface area contributed by atoms with Crippen LogP contribution in [0, 0.1) is 17.3 Å². The third kappa shape index (κ3) is 44.9. The van der Waals surface area contributed by atoms with E-state index in [4.69, 9.17) is 104 Å². The number of nitrogens with two attached hydrogens (primary N) is 2. The van der Waals surface area contributed by atoms with E-state index in [9.17, 15) is 98.4 Å². The fourth-order valence-corrected chi connectivity index (χ4v) is 14.3. The number of phosphoric acid groups is 4. The summed E-state index contributed by atoms with van der Waals surface area (Å²) in [5, 5.41) is 98.9. The van der Waals surface area contributed by atoms with Crippen LogP contribution in [0.25, 0.3) is 0 Å². The lowest BCUT2D eigenvalue weighted by atomic mass is 9.92. The lowest BCUT2D eigenvalue weighted by Gasteiger charge is -2.40. The van der Waals surface area contributed by atoms with Crippen LogP contribution in [0.2, 0.25) is 0 Å². The minimum absolute atomic E-state index is 0.00222. The van der Waals surface area contributed by atoms with Gasteiger partial charge in [0.2, 0.25) is 0 Å². The molecule has 0 bridgehead atoms. The highest BCUT2D eigenvalue weighted by atomic mass is 31.2. The molecule has 3 aliphatic rings. The van der Waals surface area contributed by atoms with E-state index in [2.05, 4.69) is 0 Å². The first-order valence-electron chi connectivity index (χ1n) is 36.9. The maximum Gasteiger partial charge on any atom is 0.472 e. The normalized spacial score (nSPS) is 28.5. The zero-order chi connectivity index (χ0) is 80.8. The molecule has 3 rings (SSSR count). The Labute approximate surface area is 637 Å². The average Bonchev–Trinajstić information content (AvgIpc) is 0.831. The Bertz CT molecular complexity index is 2360. The summed E-state index contributed by atoms with van der Waals surface area (Å²) in [5.41, 5.74) is 10.3. The average molecular weight is 1700 g/mol. The van der Waals surface area contributed by atoms with Crippen molar-refractivity contribution in [1.29, 1.82) is 0 Å². The maximum absolute atomic E-state index is 13.5. The molecule has 42 nitrogen and oxygen atoms in total. The molecule has 0 spiro atoms. The van der Waals surface area contributed by atoms with Gasteiger partial charge in [-0.05, 0) is 70.6 Å². The smallest absolute Gasteiger partial charge is 0.396 e. The molecule has 0 saturated carbocycles. The van der Waals surface area contributed by atoms with Crippen LogP contribution in [0.3, 0.4) is 0 Å². The molecule has 12 unspecified atom stereocenters. The summed E-state index contributed by atoms with van der Waals surface area (Å²) in [7, 11) is -22.2. The van der Waals surface area contributed by atoms with Crippen LogP contribution in [0.4, 0.5) is 0 Å². The van der Waals surface area contributed by atoms with E-state index in [0.29, 0.717) is 83.5 Å². The molecule has 47 heteroatoms. The van der Waals surface area contributed by atoms with Crippen molar-refractivity contribution in [3.63, 3.8) is 0 Å².